The predicted molar refractivity (Wildman–Crippen MR) is 79.1 cm³/mol. The molecule has 0 amide bonds. The van der Waals surface area contributed by atoms with Crippen LogP contribution in [0.5, 0.6) is 0 Å². The Morgan fingerprint density at radius 1 is 1.30 bits per heavy atom. The molecule has 0 radical (unpaired) electrons. The van der Waals surface area contributed by atoms with Crippen LogP contribution in [0.15, 0.2) is 10.5 Å². The van der Waals surface area contributed by atoms with Crippen molar-refractivity contribution in [2.24, 2.45) is 0 Å². The largest absolute Gasteiger partial charge is 0.461 e. The quantitative estimate of drug-likeness (QED) is 0.782. The van der Waals surface area contributed by atoms with Gasteiger partial charge in [0.25, 0.3) is 0 Å². The zero-order chi connectivity index (χ0) is 15.5. The molecule has 0 saturated heterocycles. The Morgan fingerprint density at radius 2 is 1.90 bits per heavy atom. The van der Waals surface area contributed by atoms with Crippen molar-refractivity contribution in [1.29, 1.82) is 0 Å². The van der Waals surface area contributed by atoms with Crippen LogP contribution in [0.25, 0.3) is 0 Å². The Labute approximate surface area is 127 Å². The number of carbonyl (C=O) groups excluding carboxylic acids is 2. The lowest BCUT2D eigenvalue weighted by atomic mass is 10.2. The van der Waals surface area contributed by atoms with E-state index in [1.807, 2.05) is 6.92 Å². The second kappa shape index (κ2) is 6.43. The fourth-order valence-corrected chi connectivity index (χ4v) is 2.30. The van der Waals surface area contributed by atoms with E-state index in [-0.39, 0.29) is 12.3 Å². The summed E-state index contributed by atoms with van der Waals surface area (Å²) in [6.45, 7) is 9.19. The number of nitrogens with zero attached hydrogens (tertiary/aromatic N) is 1. The molecule has 112 valence electrons. The van der Waals surface area contributed by atoms with E-state index in [2.05, 4.69) is 15.9 Å². The molecule has 0 aliphatic rings. The SMILES string of the molecule is CCOC(=O)c1c(Br)cc(CC)n1C(=O)OC(C)(C)C. The second-order valence-corrected chi connectivity index (χ2v) is 6.08. The van der Waals surface area contributed by atoms with Crippen molar-refractivity contribution in [3.05, 3.63) is 21.9 Å². The highest BCUT2D eigenvalue weighted by atomic mass is 79.9. The highest BCUT2D eigenvalue weighted by Gasteiger charge is 2.27. The molecule has 0 aliphatic heterocycles. The summed E-state index contributed by atoms with van der Waals surface area (Å²) >= 11 is 3.30. The number of rotatable bonds is 3. The van der Waals surface area contributed by atoms with E-state index >= 15 is 0 Å². The predicted octanol–water partition coefficient (Wildman–Crippen LogP) is 3.77. The number of carbonyl (C=O) groups is 2. The lowest BCUT2D eigenvalue weighted by Gasteiger charge is -2.21. The molecule has 0 bridgehead atoms. The van der Waals surface area contributed by atoms with Gasteiger partial charge in [0.15, 0.2) is 5.69 Å². The lowest BCUT2D eigenvalue weighted by Crippen LogP contribution is -2.30. The molecule has 6 heteroatoms. The Hall–Kier alpha value is -1.30. The van der Waals surface area contributed by atoms with Gasteiger partial charge in [-0.05, 0) is 56.1 Å². The molecule has 1 rings (SSSR count). The van der Waals surface area contributed by atoms with Gasteiger partial charge in [-0.2, -0.15) is 0 Å². The number of aryl methyl sites for hydroxylation is 1. The standard InChI is InChI=1S/C14H20BrNO4/c1-6-9-8-10(15)11(12(17)19-7-2)16(9)13(18)20-14(3,4)5/h8H,6-7H2,1-5H3. The van der Waals surface area contributed by atoms with Crippen LogP contribution in [0.1, 0.15) is 50.8 Å². The van der Waals surface area contributed by atoms with Crippen LogP contribution < -0.4 is 0 Å². The minimum absolute atomic E-state index is 0.165. The van der Waals surface area contributed by atoms with E-state index in [4.69, 9.17) is 9.47 Å². The van der Waals surface area contributed by atoms with Gasteiger partial charge in [-0.15, -0.1) is 0 Å². The van der Waals surface area contributed by atoms with Gasteiger partial charge < -0.3 is 9.47 Å². The molecule has 0 unspecified atom stereocenters. The third-order valence-electron chi connectivity index (χ3n) is 2.44. The highest BCUT2D eigenvalue weighted by molar-refractivity contribution is 9.10. The number of halogens is 1. The van der Waals surface area contributed by atoms with E-state index in [1.54, 1.807) is 33.8 Å². The number of aromatic nitrogens is 1. The summed E-state index contributed by atoms with van der Waals surface area (Å²) in [6, 6.07) is 1.73. The molecule has 5 nitrogen and oxygen atoms in total. The van der Waals surface area contributed by atoms with Crippen molar-refractivity contribution in [2.75, 3.05) is 6.61 Å². The second-order valence-electron chi connectivity index (χ2n) is 5.22. The molecule has 1 heterocycles. The Kier molecular flexibility index (Phi) is 5.39. The van der Waals surface area contributed by atoms with Crippen molar-refractivity contribution in [3.8, 4) is 0 Å². The summed E-state index contributed by atoms with van der Waals surface area (Å²) in [5.41, 5.74) is 0.220. The average molecular weight is 346 g/mol. The van der Waals surface area contributed by atoms with E-state index in [0.29, 0.717) is 16.6 Å². The molecular formula is C14H20BrNO4. The first-order chi connectivity index (χ1) is 9.21. The van der Waals surface area contributed by atoms with Crippen LogP contribution in [0.4, 0.5) is 4.79 Å². The third-order valence-corrected chi connectivity index (χ3v) is 3.04. The van der Waals surface area contributed by atoms with Crippen LogP contribution in [0.2, 0.25) is 0 Å². The summed E-state index contributed by atoms with van der Waals surface area (Å²) in [6.07, 6.45) is 0.0140. The van der Waals surface area contributed by atoms with Crippen molar-refractivity contribution < 1.29 is 19.1 Å². The molecular weight excluding hydrogens is 326 g/mol. The zero-order valence-corrected chi connectivity index (χ0v) is 14.0. The van der Waals surface area contributed by atoms with Gasteiger partial charge in [0, 0.05) is 5.69 Å². The van der Waals surface area contributed by atoms with E-state index in [9.17, 15) is 9.59 Å². The maximum Gasteiger partial charge on any atom is 0.419 e. The minimum Gasteiger partial charge on any atom is -0.461 e. The van der Waals surface area contributed by atoms with Crippen molar-refractivity contribution in [1.82, 2.24) is 4.57 Å². The normalized spacial score (nSPS) is 11.3. The maximum absolute atomic E-state index is 12.3. The van der Waals surface area contributed by atoms with Crippen molar-refractivity contribution in [2.45, 2.75) is 46.6 Å². The molecule has 1 aromatic rings. The maximum atomic E-state index is 12.3. The molecule has 0 atom stereocenters. The molecule has 0 N–H and O–H groups in total. The summed E-state index contributed by atoms with van der Waals surface area (Å²) in [5, 5.41) is 0. The minimum atomic E-state index is -0.634. The van der Waals surface area contributed by atoms with Crippen LogP contribution >= 0.6 is 15.9 Å². The molecule has 1 aromatic heterocycles. The molecule has 0 aliphatic carbocycles. The van der Waals surface area contributed by atoms with Gasteiger partial charge in [-0.3, -0.25) is 0 Å². The average Bonchev–Trinajstić information content (AvgIpc) is 2.64. The van der Waals surface area contributed by atoms with Crippen molar-refractivity contribution >= 4 is 28.0 Å². The van der Waals surface area contributed by atoms with Crippen molar-refractivity contribution in [3.63, 3.8) is 0 Å². The first-order valence-corrected chi connectivity index (χ1v) is 7.31. The van der Waals surface area contributed by atoms with Crippen LogP contribution in [-0.4, -0.2) is 28.8 Å². The zero-order valence-electron chi connectivity index (χ0n) is 12.4. The van der Waals surface area contributed by atoms with Crippen LogP contribution in [0.3, 0.4) is 0 Å². The van der Waals surface area contributed by atoms with Gasteiger partial charge in [0.2, 0.25) is 0 Å². The topological polar surface area (TPSA) is 57.5 Å². The summed E-state index contributed by atoms with van der Waals surface area (Å²) < 4.78 is 12.1. The Balaban J connectivity index is 3.28. The number of ether oxygens (including phenoxy) is 2. The molecule has 0 aromatic carbocycles. The fraction of sp³-hybridized carbons (Fsp3) is 0.571. The fourth-order valence-electron chi connectivity index (χ4n) is 1.69. The third kappa shape index (κ3) is 3.85. The van der Waals surface area contributed by atoms with E-state index < -0.39 is 17.7 Å². The summed E-state index contributed by atoms with van der Waals surface area (Å²) in [5.74, 6) is -0.551. The number of esters is 1. The lowest BCUT2D eigenvalue weighted by molar-refractivity contribution is 0.0445. The Morgan fingerprint density at radius 3 is 2.35 bits per heavy atom. The molecule has 0 fully saturated rings. The van der Waals surface area contributed by atoms with E-state index in [0.717, 1.165) is 0 Å². The molecule has 0 saturated carbocycles. The van der Waals surface area contributed by atoms with Crippen LogP contribution in [0, 0.1) is 0 Å². The van der Waals surface area contributed by atoms with Gasteiger partial charge in [-0.1, -0.05) is 6.92 Å². The Bertz CT molecular complexity index is 514. The first kappa shape index (κ1) is 16.8. The summed E-state index contributed by atoms with van der Waals surface area (Å²) in [7, 11) is 0. The van der Waals surface area contributed by atoms with Gasteiger partial charge in [0.1, 0.15) is 5.60 Å². The number of hydrogen-bond donors (Lipinski definition) is 0. The highest BCUT2D eigenvalue weighted by Crippen LogP contribution is 2.25. The monoisotopic (exact) mass is 345 g/mol. The van der Waals surface area contributed by atoms with Gasteiger partial charge in [-0.25, -0.2) is 14.2 Å². The van der Waals surface area contributed by atoms with Crippen LogP contribution in [-0.2, 0) is 15.9 Å². The first-order valence-electron chi connectivity index (χ1n) is 6.51. The summed E-state index contributed by atoms with van der Waals surface area (Å²) in [4.78, 5) is 24.3. The smallest absolute Gasteiger partial charge is 0.419 e. The number of hydrogen-bond acceptors (Lipinski definition) is 4. The van der Waals surface area contributed by atoms with Gasteiger partial charge in [0.05, 0.1) is 11.1 Å². The van der Waals surface area contributed by atoms with E-state index in [1.165, 1.54) is 4.57 Å². The molecule has 20 heavy (non-hydrogen) atoms. The van der Waals surface area contributed by atoms with Gasteiger partial charge >= 0.3 is 12.1 Å². The molecule has 0 spiro atoms.